The highest BCUT2D eigenvalue weighted by Gasteiger charge is 2.32. The van der Waals surface area contributed by atoms with E-state index in [1.807, 2.05) is 18.2 Å². The topological polar surface area (TPSA) is 96.0 Å². The van der Waals surface area contributed by atoms with E-state index in [0.29, 0.717) is 42.9 Å². The maximum Gasteiger partial charge on any atom is 0.258 e. The van der Waals surface area contributed by atoms with Crippen LogP contribution in [0.3, 0.4) is 0 Å². The van der Waals surface area contributed by atoms with Crippen LogP contribution in [0.2, 0.25) is 0 Å². The van der Waals surface area contributed by atoms with Gasteiger partial charge in [-0.2, -0.15) is 0 Å². The molecule has 8 nitrogen and oxygen atoms in total. The van der Waals surface area contributed by atoms with Crippen molar-refractivity contribution in [1.82, 2.24) is 4.31 Å². The van der Waals surface area contributed by atoms with Crippen molar-refractivity contribution >= 4 is 33.2 Å². The molecule has 2 amide bonds. The summed E-state index contributed by atoms with van der Waals surface area (Å²) in [5.41, 5.74) is 3.00. The van der Waals surface area contributed by atoms with Gasteiger partial charge in [0.1, 0.15) is 5.75 Å². The van der Waals surface area contributed by atoms with E-state index in [-0.39, 0.29) is 24.1 Å². The van der Waals surface area contributed by atoms with Crippen LogP contribution >= 0.6 is 0 Å². The van der Waals surface area contributed by atoms with Crippen LogP contribution < -0.4 is 15.0 Å². The Balaban J connectivity index is 1.47. The Morgan fingerprint density at radius 1 is 1.12 bits per heavy atom. The predicted molar refractivity (Wildman–Crippen MR) is 127 cm³/mol. The van der Waals surface area contributed by atoms with E-state index in [4.69, 9.17) is 4.74 Å². The van der Waals surface area contributed by atoms with Gasteiger partial charge in [-0.3, -0.25) is 9.59 Å². The molecule has 0 aliphatic carbocycles. The van der Waals surface area contributed by atoms with Crippen LogP contribution in [0, 0.1) is 5.92 Å². The van der Waals surface area contributed by atoms with E-state index in [2.05, 4.69) is 5.32 Å². The first-order valence-electron chi connectivity index (χ1n) is 11.2. The number of carbonyl (C=O) groups is 2. The zero-order chi connectivity index (χ0) is 23.6. The number of amides is 2. The van der Waals surface area contributed by atoms with E-state index in [0.717, 1.165) is 17.7 Å². The van der Waals surface area contributed by atoms with Gasteiger partial charge in [0.05, 0.1) is 18.8 Å². The molecule has 4 rings (SSSR count). The first-order chi connectivity index (χ1) is 15.8. The molecule has 33 heavy (non-hydrogen) atoms. The van der Waals surface area contributed by atoms with Crippen LogP contribution in [0.5, 0.6) is 5.75 Å². The predicted octanol–water partition coefficient (Wildman–Crippen LogP) is 2.90. The van der Waals surface area contributed by atoms with Crippen LogP contribution in [0.15, 0.2) is 42.5 Å². The molecule has 9 heteroatoms. The van der Waals surface area contributed by atoms with Crippen molar-refractivity contribution in [2.45, 2.75) is 26.2 Å². The molecular weight excluding hydrogens is 442 g/mol. The molecule has 0 bridgehead atoms. The number of hydrogen-bond acceptors (Lipinski definition) is 5. The zero-order valence-electron chi connectivity index (χ0n) is 18.9. The van der Waals surface area contributed by atoms with Crippen LogP contribution in [0.4, 0.5) is 11.4 Å². The first-order valence-corrected chi connectivity index (χ1v) is 12.8. The molecule has 2 heterocycles. The van der Waals surface area contributed by atoms with Crippen LogP contribution in [0.25, 0.3) is 0 Å². The summed E-state index contributed by atoms with van der Waals surface area (Å²) < 4.78 is 31.0. The number of fused-ring (bicyclic) bond motifs is 1. The third-order valence-electron chi connectivity index (χ3n) is 6.34. The third-order valence-corrected chi connectivity index (χ3v) is 8.19. The molecule has 1 N–H and O–H groups in total. The average Bonchev–Trinajstić information content (AvgIpc) is 3.27. The Hall–Kier alpha value is -2.91. The number of sulfonamides is 1. The summed E-state index contributed by atoms with van der Waals surface area (Å²) in [6.07, 6.45) is 2.05. The molecular formula is C24H29N3O5S. The van der Waals surface area contributed by atoms with Crippen molar-refractivity contribution in [3.05, 3.63) is 53.6 Å². The lowest BCUT2D eigenvalue weighted by Crippen LogP contribution is -2.44. The SMILES string of the molecule is CCS(=O)(=O)N1CCCC(C(=O)Nc2ccc3c(c2)N(C(=O)c2ccc(OC)cc2)CC3)C1. The molecule has 0 spiro atoms. The summed E-state index contributed by atoms with van der Waals surface area (Å²) in [6, 6.07) is 12.6. The Morgan fingerprint density at radius 3 is 2.58 bits per heavy atom. The molecule has 0 radical (unpaired) electrons. The highest BCUT2D eigenvalue weighted by molar-refractivity contribution is 7.89. The molecule has 176 valence electrons. The molecule has 2 aromatic carbocycles. The minimum Gasteiger partial charge on any atom is -0.497 e. The van der Waals surface area contributed by atoms with Crippen molar-refractivity contribution in [2.24, 2.45) is 5.92 Å². The van der Waals surface area contributed by atoms with E-state index in [1.54, 1.807) is 43.2 Å². The van der Waals surface area contributed by atoms with Crippen molar-refractivity contribution in [3.8, 4) is 5.75 Å². The minimum atomic E-state index is -3.31. The lowest BCUT2D eigenvalue weighted by Gasteiger charge is -2.31. The van der Waals surface area contributed by atoms with Gasteiger partial charge < -0.3 is 15.0 Å². The van der Waals surface area contributed by atoms with Gasteiger partial charge >= 0.3 is 0 Å². The number of carbonyl (C=O) groups excluding carboxylic acids is 2. The van der Waals surface area contributed by atoms with E-state index in [9.17, 15) is 18.0 Å². The molecule has 1 atom stereocenters. The van der Waals surface area contributed by atoms with Crippen molar-refractivity contribution < 1.29 is 22.7 Å². The third kappa shape index (κ3) is 4.89. The van der Waals surface area contributed by atoms with E-state index >= 15 is 0 Å². The van der Waals surface area contributed by atoms with Crippen molar-refractivity contribution in [1.29, 1.82) is 0 Å². The van der Waals surface area contributed by atoms with Gasteiger partial charge in [-0.1, -0.05) is 6.07 Å². The summed E-state index contributed by atoms with van der Waals surface area (Å²) >= 11 is 0. The quantitative estimate of drug-likeness (QED) is 0.699. The maximum atomic E-state index is 13.1. The fourth-order valence-corrected chi connectivity index (χ4v) is 5.57. The average molecular weight is 472 g/mol. The molecule has 0 aromatic heterocycles. The Labute approximate surface area is 194 Å². The Morgan fingerprint density at radius 2 is 1.88 bits per heavy atom. The Kier molecular flexibility index (Phi) is 6.71. The van der Waals surface area contributed by atoms with Crippen LogP contribution in [-0.2, 0) is 21.2 Å². The van der Waals surface area contributed by atoms with E-state index in [1.165, 1.54) is 4.31 Å². The summed E-state index contributed by atoms with van der Waals surface area (Å²) in [5, 5.41) is 2.93. The van der Waals surface area contributed by atoms with Crippen LogP contribution in [0.1, 0.15) is 35.7 Å². The molecule has 2 aromatic rings. The second kappa shape index (κ2) is 9.52. The van der Waals surface area contributed by atoms with Gasteiger partial charge in [-0.05, 0) is 68.1 Å². The molecule has 2 aliphatic heterocycles. The van der Waals surface area contributed by atoms with Gasteiger partial charge in [-0.25, -0.2) is 12.7 Å². The molecule has 2 aliphatic rings. The fourth-order valence-electron chi connectivity index (χ4n) is 4.39. The lowest BCUT2D eigenvalue weighted by atomic mass is 9.98. The van der Waals surface area contributed by atoms with Crippen molar-refractivity contribution in [2.75, 3.05) is 42.7 Å². The normalized spacial score (nSPS) is 18.6. The number of benzene rings is 2. The number of methoxy groups -OCH3 is 1. The molecule has 1 saturated heterocycles. The number of anilines is 2. The van der Waals surface area contributed by atoms with Gasteiger partial charge in [0.2, 0.25) is 15.9 Å². The largest absolute Gasteiger partial charge is 0.497 e. The van der Waals surface area contributed by atoms with Gasteiger partial charge in [0, 0.05) is 36.6 Å². The van der Waals surface area contributed by atoms with Crippen molar-refractivity contribution in [3.63, 3.8) is 0 Å². The standard InChI is InChI=1S/C24H29N3O5S/c1-3-33(30,31)26-13-4-5-19(16-26)23(28)25-20-9-6-17-12-14-27(22(17)15-20)24(29)18-7-10-21(32-2)11-8-18/h6-11,15,19H,3-5,12-14,16H2,1-2H3,(H,25,28). The number of piperidine rings is 1. The highest BCUT2D eigenvalue weighted by atomic mass is 32.2. The summed E-state index contributed by atoms with van der Waals surface area (Å²) in [7, 11) is -1.73. The summed E-state index contributed by atoms with van der Waals surface area (Å²) in [5.74, 6) is 0.0193. The van der Waals surface area contributed by atoms with Crippen LogP contribution in [-0.4, -0.2) is 57.0 Å². The minimum absolute atomic E-state index is 0.0320. The second-order valence-electron chi connectivity index (χ2n) is 8.37. The Bertz CT molecular complexity index is 1150. The number of nitrogens with one attached hydrogen (secondary N) is 1. The number of ether oxygens (including phenoxy) is 1. The lowest BCUT2D eigenvalue weighted by molar-refractivity contribution is -0.120. The number of rotatable bonds is 6. The number of hydrogen-bond donors (Lipinski definition) is 1. The molecule has 0 saturated carbocycles. The van der Waals surface area contributed by atoms with Gasteiger partial charge in [0.25, 0.3) is 5.91 Å². The van der Waals surface area contributed by atoms with Gasteiger partial charge in [-0.15, -0.1) is 0 Å². The highest BCUT2D eigenvalue weighted by Crippen LogP contribution is 2.33. The summed E-state index contributed by atoms with van der Waals surface area (Å²) in [6.45, 7) is 2.85. The summed E-state index contributed by atoms with van der Waals surface area (Å²) in [4.78, 5) is 27.7. The second-order valence-corrected chi connectivity index (χ2v) is 10.6. The van der Waals surface area contributed by atoms with Gasteiger partial charge in [0.15, 0.2) is 0 Å². The molecule has 1 fully saturated rings. The fraction of sp³-hybridized carbons (Fsp3) is 0.417. The monoisotopic (exact) mass is 471 g/mol. The first kappa shape index (κ1) is 23.3. The zero-order valence-corrected chi connectivity index (χ0v) is 19.7. The van der Waals surface area contributed by atoms with E-state index < -0.39 is 15.9 Å². The number of nitrogens with zero attached hydrogens (tertiary/aromatic N) is 2. The maximum absolute atomic E-state index is 13.1. The molecule has 1 unspecified atom stereocenters. The smallest absolute Gasteiger partial charge is 0.258 e.